The lowest BCUT2D eigenvalue weighted by Crippen LogP contribution is -2.49. The molecule has 1 aliphatic heterocycles. The normalized spacial score (nSPS) is 15.4. The molecule has 0 aliphatic carbocycles. The van der Waals surface area contributed by atoms with Gasteiger partial charge in [-0.2, -0.15) is 4.31 Å². The van der Waals surface area contributed by atoms with E-state index in [1.165, 1.54) is 16.7 Å². The predicted molar refractivity (Wildman–Crippen MR) is 171 cm³/mol. The minimum absolute atomic E-state index is 0.0564. The number of ether oxygens (including phenoxy) is 1. The third kappa shape index (κ3) is 7.33. The number of sulfonamides is 1. The molecule has 5 rings (SSSR count). The van der Waals surface area contributed by atoms with E-state index in [9.17, 15) is 13.2 Å². The Morgan fingerprint density at radius 3 is 1.74 bits per heavy atom. The zero-order valence-electron chi connectivity index (χ0n) is 24.9. The molecule has 1 heterocycles. The summed E-state index contributed by atoms with van der Waals surface area (Å²) in [5.74, 6) is 0.719. The van der Waals surface area contributed by atoms with Crippen molar-refractivity contribution in [1.29, 1.82) is 0 Å². The van der Waals surface area contributed by atoms with Crippen LogP contribution >= 0.6 is 0 Å². The molecule has 4 aromatic carbocycles. The number of anilines is 1. The number of nitrogens with one attached hydrogen (secondary N) is 1. The maximum atomic E-state index is 13.5. The maximum absolute atomic E-state index is 13.5. The molecule has 0 radical (unpaired) electrons. The van der Waals surface area contributed by atoms with Gasteiger partial charge in [-0.15, -0.1) is 0 Å². The Hall–Kier alpha value is -3.98. The van der Waals surface area contributed by atoms with E-state index in [0.717, 1.165) is 0 Å². The number of nitrogens with zero attached hydrogens (tertiary/aromatic N) is 2. The van der Waals surface area contributed by atoms with E-state index in [1.54, 1.807) is 35.5 Å². The lowest BCUT2D eigenvalue weighted by molar-refractivity contribution is -0.122. The molecular weight excluding hydrogens is 558 g/mol. The fourth-order valence-corrected chi connectivity index (χ4v) is 6.80. The van der Waals surface area contributed by atoms with Crippen LogP contribution in [-0.4, -0.2) is 55.8 Å². The van der Waals surface area contributed by atoms with E-state index in [-0.39, 0.29) is 16.8 Å². The molecule has 224 valence electrons. The molecule has 1 N–H and O–H groups in total. The summed E-state index contributed by atoms with van der Waals surface area (Å²) in [6, 6.07) is 34.8. The topological polar surface area (TPSA) is 78.9 Å². The van der Waals surface area contributed by atoms with Crippen molar-refractivity contribution in [2.24, 2.45) is 0 Å². The largest absolute Gasteiger partial charge is 0.481 e. The van der Waals surface area contributed by atoms with E-state index < -0.39 is 16.1 Å². The Labute approximate surface area is 255 Å². The Balaban J connectivity index is 1.19. The standard InChI is InChI=1S/C35H39N3O4S/c1-26(2)28-14-18-32(19-15-28)42-27(3)35(39)36-31-16-20-33(21-17-31)43(40,41)38-24-22-37(23-25-38)34(29-10-6-4-7-11-29)30-12-8-5-9-13-30/h4-21,26-27,34H,22-25H2,1-3H3,(H,36,39). The lowest BCUT2D eigenvalue weighted by atomic mass is 9.96. The Bertz CT molecular complexity index is 1550. The maximum Gasteiger partial charge on any atom is 0.265 e. The van der Waals surface area contributed by atoms with E-state index >= 15 is 0 Å². The smallest absolute Gasteiger partial charge is 0.265 e. The van der Waals surface area contributed by atoms with Gasteiger partial charge in [0, 0.05) is 31.9 Å². The fraction of sp³-hybridized carbons (Fsp3) is 0.286. The summed E-state index contributed by atoms with van der Waals surface area (Å²) in [7, 11) is -3.68. The minimum Gasteiger partial charge on any atom is -0.481 e. The molecular formula is C35H39N3O4S. The van der Waals surface area contributed by atoms with Crippen molar-refractivity contribution < 1.29 is 17.9 Å². The molecule has 0 spiro atoms. The molecule has 0 aromatic heterocycles. The fourth-order valence-electron chi connectivity index (χ4n) is 5.38. The highest BCUT2D eigenvalue weighted by molar-refractivity contribution is 7.89. The van der Waals surface area contributed by atoms with Gasteiger partial charge in [0.05, 0.1) is 10.9 Å². The van der Waals surface area contributed by atoms with Crippen molar-refractivity contribution in [3.63, 3.8) is 0 Å². The first-order valence-electron chi connectivity index (χ1n) is 14.7. The van der Waals surface area contributed by atoms with Crippen molar-refractivity contribution in [1.82, 2.24) is 9.21 Å². The summed E-state index contributed by atoms with van der Waals surface area (Å²) in [5.41, 5.74) is 4.08. The predicted octanol–water partition coefficient (Wildman–Crippen LogP) is 6.31. The summed E-state index contributed by atoms with van der Waals surface area (Å²) in [6.45, 7) is 7.94. The highest BCUT2D eigenvalue weighted by atomic mass is 32.2. The summed E-state index contributed by atoms with van der Waals surface area (Å²) >= 11 is 0. The molecule has 0 saturated carbocycles. The second-order valence-electron chi connectivity index (χ2n) is 11.2. The third-order valence-electron chi connectivity index (χ3n) is 7.86. The summed E-state index contributed by atoms with van der Waals surface area (Å²) in [6.07, 6.45) is -0.722. The van der Waals surface area contributed by atoms with Gasteiger partial charge in [-0.1, -0.05) is 86.6 Å². The molecule has 1 aliphatic rings. The number of hydrogen-bond donors (Lipinski definition) is 1. The zero-order chi connectivity index (χ0) is 30.4. The van der Waals surface area contributed by atoms with Gasteiger partial charge in [0.25, 0.3) is 5.91 Å². The SMILES string of the molecule is CC(Oc1ccc(C(C)C)cc1)C(=O)Nc1ccc(S(=O)(=O)N2CCN(C(c3ccccc3)c3ccccc3)CC2)cc1. The van der Waals surface area contributed by atoms with Crippen LogP contribution < -0.4 is 10.1 Å². The van der Waals surface area contributed by atoms with Crippen molar-refractivity contribution in [3.8, 4) is 5.75 Å². The van der Waals surface area contributed by atoms with Gasteiger partial charge in [-0.25, -0.2) is 8.42 Å². The summed E-state index contributed by atoms with van der Waals surface area (Å²) < 4.78 is 34.4. The Kier molecular flexibility index (Phi) is 9.60. The van der Waals surface area contributed by atoms with Gasteiger partial charge in [0.15, 0.2) is 6.10 Å². The Morgan fingerprint density at radius 2 is 1.23 bits per heavy atom. The number of hydrogen-bond acceptors (Lipinski definition) is 5. The van der Waals surface area contributed by atoms with Crippen LogP contribution in [0.3, 0.4) is 0 Å². The van der Waals surface area contributed by atoms with Crippen LogP contribution in [0.5, 0.6) is 5.75 Å². The van der Waals surface area contributed by atoms with Gasteiger partial charge >= 0.3 is 0 Å². The molecule has 1 atom stereocenters. The van der Waals surface area contributed by atoms with Crippen LogP contribution in [0.15, 0.2) is 114 Å². The Morgan fingerprint density at radius 1 is 0.698 bits per heavy atom. The number of amides is 1. The van der Waals surface area contributed by atoms with Crippen molar-refractivity contribution in [2.75, 3.05) is 31.5 Å². The van der Waals surface area contributed by atoms with Crippen LogP contribution in [0.4, 0.5) is 5.69 Å². The zero-order valence-corrected chi connectivity index (χ0v) is 25.7. The molecule has 1 fully saturated rings. The number of piperazine rings is 1. The van der Waals surface area contributed by atoms with E-state index in [1.807, 2.05) is 60.7 Å². The monoisotopic (exact) mass is 597 g/mol. The van der Waals surface area contributed by atoms with Gasteiger partial charge in [-0.3, -0.25) is 9.69 Å². The average molecular weight is 598 g/mol. The van der Waals surface area contributed by atoms with Crippen LogP contribution in [0, 0.1) is 0 Å². The van der Waals surface area contributed by atoms with Gasteiger partial charge in [0.1, 0.15) is 5.75 Å². The molecule has 8 heteroatoms. The lowest BCUT2D eigenvalue weighted by Gasteiger charge is -2.39. The van der Waals surface area contributed by atoms with E-state index in [4.69, 9.17) is 4.74 Å². The van der Waals surface area contributed by atoms with Crippen LogP contribution in [0.1, 0.15) is 49.4 Å². The molecule has 7 nitrogen and oxygen atoms in total. The summed E-state index contributed by atoms with van der Waals surface area (Å²) in [4.78, 5) is 15.3. The van der Waals surface area contributed by atoms with E-state index in [2.05, 4.69) is 48.3 Å². The van der Waals surface area contributed by atoms with Crippen LogP contribution in [0.2, 0.25) is 0 Å². The minimum atomic E-state index is -3.68. The van der Waals surface area contributed by atoms with Crippen molar-refractivity contribution >= 4 is 21.6 Å². The molecule has 1 saturated heterocycles. The number of carbonyl (C=O) groups is 1. The molecule has 1 unspecified atom stereocenters. The highest BCUT2D eigenvalue weighted by Gasteiger charge is 2.32. The van der Waals surface area contributed by atoms with Gasteiger partial charge in [0.2, 0.25) is 10.0 Å². The highest BCUT2D eigenvalue weighted by Crippen LogP contribution is 2.30. The second-order valence-corrected chi connectivity index (χ2v) is 13.1. The van der Waals surface area contributed by atoms with Crippen molar-refractivity contribution in [2.45, 2.75) is 43.7 Å². The molecule has 0 bridgehead atoms. The first kappa shape index (κ1) is 30.5. The average Bonchev–Trinajstić information content (AvgIpc) is 3.03. The molecule has 43 heavy (non-hydrogen) atoms. The summed E-state index contributed by atoms with van der Waals surface area (Å²) in [5, 5.41) is 2.82. The first-order chi connectivity index (χ1) is 20.7. The second kappa shape index (κ2) is 13.5. The van der Waals surface area contributed by atoms with Gasteiger partial charge < -0.3 is 10.1 Å². The van der Waals surface area contributed by atoms with Gasteiger partial charge in [-0.05, 0) is 65.9 Å². The third-order valence-corrected chi connectivity index (χ3v) is 9.77. The van der Waals surface area contributed by atoms with E-state index in [0.29, 0.717) is 43.5 Å². The van der Waals surface area contributed by atoms with Crippen LogP contribution in [-0.2, 0) is 14.8 Å². The number of benzene rings is 4. The number of carbonyl (C=O) groups excluding carboxylic acids is 1. The molecule has 4 aromatic rings. The molecule has 1 amide bonds. The quantitative estimate of drug-likeness (QED) is 0.232. The number of rotatable bonds is 10. The first-order valence-corrected chi connectivity index (χ1v) is 16.2. The van der Waals surface area contributed by atoms with Crippen LogP contribution in [0.25, 0.3) is 0 Å². The van der Waals surface area contributed by atoms with Crippen molar-refractivity contribution in [3.05, 3.63) is 126 Å².